The van der Waals surface area contributed by atoms with E-state index in [1.54, 1.807) is 12.2 Å². The zero-order valence-corrected chi connectivity index (χ0v) is 11.6. The number of hydrogen-bond donors (Lipinski definition) is 2. The number of ether oxygens (including phenoxy) is 1. The van der Waals surface area contributed by atoms with E-state index in [4.69, 9.17) is 4.74 Å². The normalized spacial score (nSPS) is 28.8. The number of alkyl halides is 3. The number of carbonyl (C=O) groups excluding carboxylic acids is 1. The maximum atomic E-state index is 12.5. The number of carboxylic acids is 1. The van der Waals surface area contributed by atoms with Gasteiger partial charge in [0.2, 0.25) is 5.91 Å². The monoisotopic (exact) mass is 327 g/mol. The Bertz CT molecular complexity index is 668. The average molecular weight is 327 g/mol. The number of anilines is 1. The van der Waals surface area contributed by atoms with Gasteiger partial charge in [-0.15, -0.1) is 0 Å². The minimum Gasteiger partial charge on any atom is -0.481 e. The van der Waals surface area contributed by atoms with Crippen LogP contribution < -0.4 is 5.32 Å². The van der Waals surface area contributed by atoms with E-state index in [2.05, 4.69) is 5.32 Å². The molecule has 2 heterocycles. The molecule has 122 valence electrons. The summed E-state index contributed by atoms with van der Waals surface area (Å²) in [5.74, 6) is -3.65. The summed E-state index contributed by atoms with van der Waals surface area (Å²) >= 11 is 0. The Hall–Kier alpha value is -2.35. The Morgan fingerprint density at radius 2 is 1.61 bits per heavy atom. The summed E-state index contributed by atoms with van der Waals surface area (Å²) in [5.41, 5.74) is -0.663. The SMILES string of the molecule is O=C(O)C1C2C=CC(O2)C1C(=O)Nc1ccc(C(F)(F)F)cc1. The fourth-order valence-electron chi connectivity index (χ4n) is 2.88. The summed E-state index contributed by atoms with van der Waals surface area (Å²) < 4.78 is 42.9. The number of aliphatic carboxylic acids is 1. The van der Waals surface area contributed by atoms with Crippen LogP contribution in [0.25, 0.3) is 0 Å². The third-order valence-corrected chi connectivity index (χ3v) is 3.97. The van der Waals surface area contributed by atoms with Crippen LogP contribution in [0.2, 0.25) is 0 Å². The van der Waals surface area contributed by atoms with E-state index in [1.165, 1.54) is 0 Å². The summed E-state index contributed by atoms with van der Waals surface area (Å²) in [6, 6.07) is 3.95. The summed E-state index contributed by atoms with van der Waals surface area (Å²) in [5, 5.41) is 11.7. The van der Waals surface area contributed by atoms with Gasteiger partial charge < -0.3 is 15.2 Å². The van der Waals surface area contributed by atoms with Crippen LogP contribution in [-0.4, -0.2) is 29.2 Å². The highest BCUT2D eigenvalue weighted by atomic mass is 19.4. The van der Waals surface area contributed by atoms with Gasteiger partial charge in [-0.2, -0.15) is 13.2 Å². The zero-order chi connectivity index (χ0) is 16.8. The lowest BCUT2D eigenvalue weighted by molar-refractivity contribution is -0.146. The Morgan fingerprint density at radius 3 is 2.13 bits per heavy atom. The first kappa shape index (κ1) is 15.5. The van der Waals surface area contributed by atoms with Gasteiger partial charge in [0.05, 0.1) is 23.7 Å². The van der Waals surface area contributed by atoms with Crippen molar-refractivity contribution in [1.29, 1.82) is 0 Å². The third kappa shape index (κ3) is 2.81. The molecular formula is C15H12F3NO4. The molecule has 23 heavy (non-hydrogen) atoms. The van der Waals surface area contributed by atoms with Gasteiger partial charge in [-0.25, -0.2) is 0 Å². The van der Waals surface area contributed by atoms with E-state index in [9.17, 15) is 27.9 Å². The standard InChI is InChI=1S/C15H12F3NO4/c16-15(17,18)7-1-3-8(4-2-7)19-13(20)11-9-5-6-10(23-9)12(11)14(21)22/h1-6,9-12H,(H,19,20)(H,21,22). The number of benzene rings is 1. The summed E-state index contributed by atoms with van der Waals surface area (Å²) in [6.07, 6.45) is -2.51. The molecule has 0 radical (unpaired) electrons. The number of amides is 1. The van der Waals surface area contributed by atoms with Crippen molar-refractivity contribution in [2.75, 3.05) is 5.32 Å². The second-order valence-corrected chi connectivity index (χ2v) is 5.40. The lowest BCUT2D eigenvalue weighted by atomic mass is 9.82. The maximum Gasteiger partial charge on any atom is 0.416 e. The Morgan fingerprint density at radius 1 is 1.04 bits per heavy atom. The second kappa shape index (κ2) is 5.38. The van der Waals surface area contributed by atoms with Crippen molar-refractivity contribution >= 4 is 17.6 Å². The van der Waals surface area contributed by atoms with Crippen LogP contribution in [0.3, 0.4) is 0 Å². The maximum absolute atomic E-state index is 12.5. The molecule has 3 rings (SSSR count). The molecule has 1 aromatic rings. The number of rotatable bonds is 3. The largest absolute Gasteiger partial charge is 0.481 e. The van der Waals surface area contributed by atoms with Gasteiger partial charge in [-0.05, 0) is 24.3 Å². The minimum absolute atomic E-state index is 0.166. The lowest BCUT2D eigenvalue weighted by Gasteiger charge is -2.21. The van der Waals surface area contributed by atoms with E-state index < -0.39 is 47.7 Å². The first-order valence-corrected chi connectivity index (χ1v) is 6.82. The molecule has 0 saturated carbocycles. The van der Waals surface area contributed by atoms with Crippen LogP contribution in [0.5, 0.6) is 0 Å². The highest BCUT2D eigenvalue weighted by molar-refractivity contribution is 5.96. The molecule has 1 amide bonds. The number of halogens is 3. The second-order valence-electron chi connectivity index (χ2n) is 5.40. The molecule has 4 atom stereocenters. The molecule has 4 unspecified atom stereocenters. The zero-order valence-electron chi connectivity index (χ0n) is 11.6. The van der Waals surface area contributed by atoms with Crippen molar-refractivity contribution in [2.24, 2.45) is 11.8 Å². The van der Waals surface area contributed by atoms with Gasteiger partial charge >= 0.3 is 12.1 Å². The van der Waals surface area contributed by atoms with Gasteiger partial charge in [0.25, 0.3) is 0 Å². The Labute approximate surface area is 128 Å². The minimum atomic E-state index is -4.46. The highest BCUT2D eigenvalue weighted by Gasteiger charge is 2.53. The Balaban J connectivity index is 1.74. The fraction of sp³-hybridized carbons (Fsp3) is 0.333. The summed E-state index contributed by atoms with van der Waals surface area (Å²) in [4.78, 5) is 23.6. The van der Waals surface area contributed by atoms with E-state index >= 15 is 0 Å². The Kier molecular flexibility index (Phi) is 3.63. The van der Waals surface area contributed by atoms with Gasteiger partial charge in [0.15, 0.2) is 0 Å². The molecule has 1 saturated heterocycles. The van der Waals surface area contributed by atoms with Crippen molar-refractivity contribution in [1.82, 2.24) is 0 Å². The van der Waals surface area contributed by atoms with Crippen LogP contribution in [0.1, 0.15) is 5.56 Å². The first-order chi connectivity index (χ1) is 10.8. The van der Waals surface area contributed by atoms with Gasteiger partial charge in [-0.3, -0.25) is 9.59 Å². The van der Waals surface area contributed by atoms with Crippen LogP contribution in [-0.2, 0) is 20.5 Å². The quantitative estimate of drug-likeness (QED) is 0.835. The summed E-state index contributed by atoms with van der Waals surface area (Å²) in [6.45, 7) is 0. The lowest BCUT2D eigenvalue weighted by Crippen LogP contribution is -2.39. The van der Waals surface area contributed by atoms with Crippen LogP contribution in [0, 0.1) is 11.8 Å². The van der Waals surface area contributed by atoms with E-state index in [0.29, 0.717) is 0 Å². The number of hydrogen-bond acceptors (Lipinski definition) is 3. The number of carboxylic acid groups (broad SMARTS) is 1. The molecule has 2 bridgehead atoms. The smallest absolute Gasteiger partial charge is 0.416 e. The first-order valence-electron chi connectivity index (χ1n) is 6.82. The number of nitrogens with one attached hydrogen (secondary N) is 1. The molecule has 2 aliphatic heterocycles. The predicted octanol–water partition coefficient (Wildman–Crippen LogP) is 2.30. The van der Waals surface area contributed by atoms with Gasteiger partial charge in [0, 0.05) is 5.69 Å². The van der Waals surface area contributed by atoms with Crippen LogP contribution in [0.15, 0.2) is 36.4 Å². The molecule has 2 aliphatic rings. The molecule has 0 aromatic heterocycles. The molecule has 1 aromatic carbocycles. The number of carbonyl (C=O) groups is 2. The van der Waals surface area contributed by atoms with E-state index in [0.717, 1.165) is 24.3 Å². The predicted molar refractivity (Wildman–Crippen MR) is 72.5 cm³/mol. The molecule has 2 N–H and O–H groups in total. The highest BCUT2D eigenvalue weighted by Crippen LogP contribution is 2.40. The van der Waals surface area contributed by atoms with Crippen molar-refractivity contribution in [3.05, 3.63) is 42.0 Å². The van der Waals surface area contributed by atoms with Crippen molar-refractivity contribution in [3.63, 3.8) is 0 Å². The van der Waals surface area contributed by atoms with Crippen molar-refractivity contribution in [2.45, 2.75) is 18.4 Å². The summed E-state index contributed by atoms with van der Waals surface area (Å²) in [7, 11) is 0. The molecule has 0 aliphatic carbocycles. The molecule has 1 fully saturated rings. The van der Waals surface area contributed by atoms with E-state index in [-0.39, 0.29) is 5.69 Å². The van der Waals surface area contributed by atoms with Crippen molar-refractivity contribution in [3.8, 4) is 0 Å². The average Bonchev–Trinajstić information content (AvgIpc) is 3.07. The van der Waals surface area contributed by atoms with Crippen LogP contribution >= 0.6 is 0 Å². The van der Waals surface area contributed by atoms with Crippen LogP contribution in [0.4, 0.5) is 18.9 Å². The third-order valence-electron chi connectivity index (χ3n) is 3.97. The topological polar surface area (TPSA) is 75.6 Å². The molecule has 0 spiro atoms. The molecule has 8 heteroatoms. The fourth-order valence-corrected chi connectivity index (χ4v) is 2.88. The van der Waals surface area contributed by atoms with Gasteiger partial charge in [-0.1, -0.05) is 12.2 Å². The van der Waals surface area contributed by atoms with Gasteiger partial charge in [0.1, 0.15) is 5.92 Å². The van der Waals surface area contributed by atoms with E-state index in [1.807, 2.05) is 0 Å². The molecular weight excluding hydrogens is 315 g/mol. The molecule has 5 nitrogen and oxygen atoms in total. The van der Waals surface area contributed by atoms with Crippen molar-refractivity contribution < 1.29 is 32.6 Å². The number of fused-ring (bicyclic) bond motifs is 2.